The van der Waals surface area contributed by atoms with E-state index in [2.05, 4.69) is 295 Å². The van der Waals surface area contributed by atoms with Gasteiger partial charge >= 0.3 is 77.3 Å². The monoisotopic (exact) mass is 2140 g/mol. The van der Waals surface area contributed by atoms with Gasteiger partial charge in [0.05, 0.1) is 66.1 Å². The molecule has 0 spiro atoms. The summed E-state index contributed by atoms with van der Waals surface area (Å²) >= 11 is 0. The van der Waals surface area contributed by atoms with Gasteiger partial charge in [-0.3, -0.25) is 0 Å². The highest BCUT2D eigenvalue weighted by molar-refractivity contribution is 6.94. The van der Waals surface area contributed by atoms with Gasteiger partial charge in [0.2, 0.25) is 0 Å². The highest BCUT2D eigenvalue weighted by Gasteiger charge is 2.52. The molecule has 0 aromatic carbocycles. The molecule has 50 heteroatoms. The van der Waals surface area contributed by atoms with Gasteiger partial charge in [-0.25, -0.2) is 0 Å². The molecular formula is C75H200O30Si20. The molecule has 7 atom stereocenters. The summed E-state index contributed by atoms with van der Waals surface area (Å²) in [5.74, 6) is 0. The molecule has 0 bridgehead atoms. The lowest BCUT2D eigenvalue weighted by Gasteiger charge is -2.43. The molecule has 0 amide bonds. The van der Waals surface area contributed by atoms with Crippen molar-refractivity contribution in [1.82, 2.24) is 0 Å². The van der Waals surface area contributed by atoms with Gasteiger partial charge in [-0.1, -0.05) is 0 Å². The first kappa shape index (κ1) is 137. The number of aliphatic hydroxyl groups is 10. The molecule has 0 saturated heterocycles. The van der Waals surface area contributed by atoms with Crippen molar-refractivity contribution in [1.29, 1.82) is 0 Å². The second-order valence-corrected chi connectivity index (χ2v) is 128. The molecule has 10 N–H and O–H groups in total. The Labute approximate surface area is 785 Å². The summed E-state index contributed by atoms with van der Waals surface area (Å²) in [4.78, 5) is 0. The van der Waals surface area contributed by atoms with Gasteiger partial charge in [-0.2, -0.15) is 0 Å². The van der Waals surface area contributed by atoms with E-state index in [0.717, 1.165) is 62.3 Å². The predicted molar refractivity (Wildman–Crippen MR) is 562 cm³/mol. The topological polar surface area (TPSA) is 387 Å². The molecule has 760 valence electrons. The molecule has 0 radical (unpaired) electrons. The quantitative estimate of drug-likeness (QED) is 0.0200. The van der Waals surface area contributed by atoms with E-state index in [4.69, 9.17) is 111 Å². The number of ether oxygens (including phenoxy) is 5. The van der Waals surface area contributed by atoms with E-state index in [1.165, 1.54) is 0 Å². The lowest BCUT2D eigenvalue weighted by Crippen LogP contribution is -2.60. The minimum absolute atomic E-state index is 0.141. The number of rotatable bonds is 65. The summed E-state index contributed by atoms with van der Waals surface area (Å²) in [6.45, 7) is 99.4. The predicted octanol–water partition coefficient (Wildman–Crippen LogP) is 16.2. The van der Waals surface area contributed by atoms with Crippen LogP contribution < -0.4 is 0 Å². The molecule has 0 rings (SSSR count). The fourth-order valence-corrected chi connectivity index (χ4v) is 100. The molecule has 30 nitrogen and oxygen atoms in total. The van der Waals surface area contributed by atoms with Gasteiger partial charge in [0, 0.05) is 39.1 Å². The molecule has 0 aliphatic rings. The summed E-state index contributed by atoms with van der Waals surface area (Å²) < 4.78 is 124. The Balaban J connectivity index is -0.000000482. The van der Waals surface area contributed by atoms with E-state index in [1.807, 2.05) is 0 Å². The normalized spacial score (nSPS) is 16.2. The molecule has 0 heterocycles. The summed E-state index contributed by atoms with van der Waals surface area (Å²) in [5.41, 5.74) is 0. The largest absolute Gasteiger partial charge is 0.469 e. The lowest BCUT2D eigenvalue weighted by atomic mass is 10.4. The van der Waals surface area contributed by atoms with Crippen molar-refractivity contribution in [3.63, 3.8) is 0 Å². The van der Waals surface area contributed by atoms with E-state index in [0.29, 0.717) is 33.0 Å². The first-order valence-corrected chi connectivity index (χ1v) is 106. The maximum absolute atomic E-state index is 9.39. The molecule has 0 aromatic heterocycles. The Morgan fingerprint density at radius 2 is 0.336 bits per heavy atom. The molecule has 125 heavy (non-hydrogen) atoms. The van der Waals surface area contributed by atoms with Crippen molar-refractivity contribution in [3.05, 3.63) is 0 Å². The van der Waals surface area contributed by atoms with Crippen LogP contribution >= 0.6 is 0 Å². The Morgan fingerprint density at radius 1 is 0.176 bits per heavy atom. The van der Waals surface area contributed by atoms with E-state index >= 15 is 0 Å². The number of hydrogen-bond acceptors (Lipinski definition) is 30. The van der Waals surface area contributed by atoms with Crippen molar-refractivity contribution in [2.45, 2.75) is 387 Å². The van der Waals surface area contributed by atoms with Crippen molar-refractivity contribution >= 4 is 169 Å². The molecule has 0 aliphatic heterocycles. The van der Waals surface area contributed by atoms with Gasteiger partial charge in [0.15, 0.2) is 91.5 Å². The summed E-state index contributed by atoms with van der Waals surface area (Å²) in [7, 11) is -40.5. The average molecular weight is 2140 g/mol. The Kier molecular flexibility index (Phi) is 65.9. The third-order valence-corrected chi connectivity index (χ3v) is 81.5. The zero-order valence-electron chi connectivity index (χ0n) is 88.2. The van der Waals surface area contributed by atoms with E-state index in [1.54, 1.807) is 0 Å². The molecule has 0 aromatic rings. The van der Waals surface area contributed by atoms with E-state index < -0.39 is 199 Å². The van der Waals surface area contributed by atoms with E-state index in [9.17, 15) is 25.5 Å². The van der Waals surface area contributed by atoms with Crippen LogP contribution in [0, 0.1) is 0 Å². The first-order valence-electron chi connectivity index (χ1n) is 45.2. The van der Waals surface area contributed by atoms with Crippen LogP contribution in [0.3, 0.4) is 0 Å². The van der Waals surface area contributed by atoms with Crippen LogP contribution in [0.1, 0.15) is 32.1 Å². The smallest absolute Gasteiger partial charge is 0.437 e. The fraction of sp³-hybridized carbons (Fsp3) is 1.00. The lowest BCUT2D eigenvalue weighted by molar-refractivity contribution is 0.00599. The van der Waals surface area contributed by atoms with Crippen LogP contribution in [0.25, 0.3) is 0 Å². The first-order chi connectivity index (χ1) is 55.4. The maximum Gasteiger partial charge on any atom is 0.469 e. The highest BCUT2D eigenvalue weighted by Crippen LogP contribution is 2.35. The standard InChI is InChI=1S/C17H46O7Si5.3C15H40O6Si4.C13H34O5Si3/c1-25(2,3)21-27(7,8)23-28(9,10)24-29(11,22-26(4,5)6)14-12-13-20-16-17(19)15-18;1-22(2,3)19-24(6,7)21-25(8,9)20-23(4,5)12-10-11-18-14-15(17)13-16;1-22(2,3)19-24(7,8)21-25(9,20-23(4,5)6)12-10-11-18-14-15(17)13-16;1-22(2,3)19-25(20-23(4,5)6,21-24(7,8)9)12-10-11-18-14-15(17)13-16;1-19(2,3)17-21(7,18-20(4,5)6)10-8-9-16-12-13(15)11-14/h17-19H,12-16H2,1-11H3;3*15-17H,10-14H2,1-9H3;13-15H,8-12H2,1-7H3. The van der Waals surface area contributed by atoms with Crippen LogP contribution in [0.5, 0.6) is 0 Å². The van der Waals surface area contributed by atoms with E-state index in [-0.39, 0.29) is 66.1 Å². The highest BCUT2D eigenvalue weighted by atomic mass is 28.5. The van der Waals surface area contributed by atoms with Gasteiger partial charge in [0.1, 0.15) is 30.5 Å². The van der Waals surface area contributed by atoms with Crippen LogP contribution in [-0.4, -0.2) is 349 Å². The molecule has 7 unspecified atom stereocenters. The van der Waals surface area contributed by atoms with Gasteiger partial charge in [-0.05, 0) is 351 Å². The average Bonchev–Trinajstić information content (AvgIpc) is 0.858. The van der Waals surface area contributed by atoms with Gasteiger partial charge in [0.25, 0.3) is 0 Å². The second-order valence-electron chi connectivity index (χ2n) is 45.6. The zero-order chi connectivity index (χ0) is 99.7. The summed E-state index contributed by atoms with van der Waals surface area (Å²) in [6, 6.07) is 4.22. The SMILES string of the molecule is C[Si](C)(C)O[Si](C)(C)O[Si](C)(C)O[Si](C)(C)CCCOCC(O)CO.C[Si](C)(C)O[Si](C)(C)O[Si](C)(C)O[Si](C)(CCCOCC(O)CO)O[Si](C)(C)C.C[Si](C)(C)O[Si](C)(C)O[Si](C)(CCCOCC(O)CO)O[Si](C)(C)C.C[Si](C)(C)O[Si](C)(CCCOCC(O)CO)O[Si](C)(C)C.C[Si](C)(C)O[Si](CCCOCC(O)CO)(O[Si](C)(C)C)O[Si](C)(C)C. The van der Waals surface area contributed by atoms with Gasteiger partial charge in [-0.15, -0.1) is 0 Å². The van der Waals surface area contributed by atoms with Crippen LogP contribution in [0.2, 0.25) is 325 Å². The van der Waals surface area contributed by atoms with Gasteiger partial charge < -0.3 is 136 Å². The Bertz CT molecular complexity index is 2690. The molecule has 0 aliphatic carbocycles. The number of hydrogen-bond donors (Lipinski definition) is 10. The molecule has 0 fully saturated rings. The van der Waals surface area contributed by atoms with Crippen LogP contribution in [-0.2, 0) is 85.4 Å². The Morgan fingerprint density at radius 3 is 0.528 bits per heavy atom. The minimum atomic E-state index is -2.79. The third kappa shape index (κ3) is 90.7. The third-order valence-electron chi connectivity index (χ3n) is 14.8. The zero-order valence-corrected chi connectivity index (χ0v) is 108. The summed E-state index contributed by atoms with van der Waals surface area (Å²) in [5, 5.41) is 90.5. The molecular weight excluding hydrogens is 1940 g/mol. The van der Waals surface area contributed by atoms with Crippen molar-refractivity contribution in [2.75, 3.05) is 99.1 Å². The minimum Gasteiger partial charge on any atom is -0.437 e. The molecule has 0 saturated carbocycles. The van der Waals surface area contributed by atoms with Crippen molar-refractivity contribution in [3.8, 4) is 0 Å². The van der Waals surface area contributed by atoms with Crippen LogP contribution in [0.15, 0.2) is 0 Å². The fourth-order valence-electron chi connectivity index (χ4n) is 13.7. The second kappa shape index (κ2) is 60.3. The van der Waals surface area contributed by atoms with Crippen molar-refractivity contribution in [2.24, 2.45) is 0 Å². The maximum atomic E-state index is 9.39. The number of aliphatic hydroxyl groups excluding tert-OH is 10. The van der Waals surface area contributed by atoms with Crippen LogP contribution in [0.4, 0.5) is 0 Å². The summed E-state index contributed by atoms with van der Waals surface area (Å²) in [6.07, 6.45) is 0.0426. The Hall–Kier alpha value is 3.14. The van der Waals surface area contributed by atoms with Crippen molar-refractivity contribution < 1.29 is 136 Å².